The molecule has 0 aliphatic carbocycles. The molecule has 0 aliphatic rings. The SMILES string of the molecule is c1ccc(-c2nc(-c3ccccc3)nc(-c3cccc(-n4c5ccccc5c5c4ccc4cc6c7ccccc7c7ccccc7n6c45)c3)n2)cc1. The Morgan fingerprint density at radius 1 is 0.346 bits per heavy atom. The molecule has 7 aromatic carbocycles. The van der Waals surface area contributed by atoms with E-state index in [4.69, 9.17) is 15.0 Å². The molecule has 0 bridgehead atoms. The number of pyridine rings is 1. The summed E-state index contributed by atoms with van der Waals surface area (Å²) < 4.78 is 4.86. The van der Waals surface area contributed by atoms with Crippen LogP contribution in [0.1, 0.15) is 0 Å². The Bertz CT molecular complexity index is 3120. The Balaban J connectivity index is 1.18. The van der Waals surface area contributed by atoms with E-state index in [2.05, 4.69) is 124 Å². The molecule has 5 heteroatoms. The van der Waals surface area contributed by atoms with Gasteiger partial charge >= 0.3 is 0 Å². The molecule has 0 amide bonds. The van der Waals surface area contributed by atoms with E-state index in [9.17, 15) is 0 Å². The highest BCUT2D eigenvalue weighted by atomic mass is 15.0. The number of hydrogen-bond acceptors (Lipinski definition) is 3. The lowest BCUT2D eigenvalue weighted by atomic mass is 10.1. The van der Waals surface area contributed by atoms with Crippen LogP contribution in [0.25, 0.3) is 99.8 Å². The summed E-state index contributed by atoms with van der Waals surface area (Å²) >= 11 is 0. The Hall–Kier alpha value is -7.11. The normalized spacial score (nSPS) is 11.8. The highest BCUT2D eigenvalue weighted by Gasteiger charge is 2.20. The van der Waals surface area contributed by atoms with E-state index < -0.39 is 0 Å². The van der Waals surface area contributed by atoms with Gasteiger partial charge < -0.3 is 8.97 Å². The third-order valence-electron chi connectivity index (χ3n) is 10.3. The molecule has 0 spiro atoms. The molecule has 4 heterocycles. The minimum atomic E-state index is 0.633. The van der Waals surface area contributed by atoms with Crippen LogP contribution in [0.3, 0.4) is 0 Å². The summed E-state index contributed by atoms with van der Waals surface area (Å²) in [7, 11) is 0. The van der Waals surface area contributed by atoms with Crippen LogP contribution >= 0.6 is 0 Å². The molecule has 11 aromatic rings. The monoisotopic (exact) mass is 663 g/mol. The summed E-state index contributed by atoms with van der Waals surface area (Å²) in [5, 5.41) is 7.44. The van der Waals surface area contributed by atoms with E-state index in [1.165, 1.54) is 48.9 Å². The van der Waals surface area contributed by atoms with Crippen LogP contribution in [0, 0.1) is 0 Å². The van der Waals surface area contributed by atoms with E-state index >= 15 is 0 Å². The van der Waals surface area contributed by atoms with Crippen molar-refractivity contribution in [2.75, 3.05) is 0 Å². The number of para-hydroxylation sites is 2. The van der Waals surface area contributed by atoms with Crippen LogP contribution in [0.15, 0.2) is 176 Å². The molecule has 0 N–H and O–H groups in total. The molecule has 0 unspecified atom stereocenters. The van der Waals surface area contributed by atoms with E-state index in [1.54, 1.807) is 0 Å². The molecule has 11 rings (SSSR count). The number of nitrogens with zero attached hydrogens (tertiary/aromatic N) is 5. The van der Waals surface area contributed by atoms with E-state index in [0.717, 1.165) is 33.4 Å². The molecular formula is C47H29N5. The molecular weight excluding hydrogens is 635 g/mol. The maximum Gasteiger partial charge on any atom is 0.164 e. The van der Waals surface area contributed by atoms with Crippen LogP contribution < -0.4 is 0 Å². The summed E-state index contributed by atoms with van der Waals surface area (Å²) in [5.74, 6) is 1.93. The maximum absolute atomic E-state index is 5.03. The van der Waals surface area contributed by atoms with Crippen molar-refractivity contribution in [3.8, 4) is 39.9 Å². The third kappa shape index (κ3) is 4.26. The fourth-order valence-corrected chi connectivity index (χ4v) is 8.03. The van der Waals surface area contributed by atoms with E-state index in [-0.39, 0.29) is 0 Å². The number of benzene rings is 7. The van der Waals surface area contributed by atoms with Gasteiger partial charge in [0.15, 0.2) is 17.5 Å². The zero-order valence-corrected chi connectivity index (χ0v) is 28.0. The molecule has 52 heavy (non-hydrogen) atoms. The third-order valence-corrected chi connectivity index (χ3v) is 10.3. The maximum atomic E-state index is 5.03. The van der Waals surface area contributed by atoms with Crippen molar-refractivity contribution < 1.29 is 0 Å². The zero-order valence-electron chi connectivity index (χ0n) is 28.0. The fourth-order valence-electron chi connectivity index (χ4n) is 8.03. The van der Waals surface area contributed by atoms with Crippen LogP contribution in [-0.4, -0.2) is 23.9 Å². The van der Waals surface area contributed by atoms with Gasteiger partial charge in [0, 0.05) is 49.3 Å². The van der Waals surface area contributed by atoms with Gasteiger partial charge in [-0.15, -0.1) is 0 Å². The van der Waals surface area contributed by atoms with Crippen LogP contribution in [0.4, 0.5) is 0 Å². The highest BCUT2D eigenvalue weighted by molar-refractivity contribution is 6.24. The van der Waals surface area contributed by atoms with E-state index in [0.29, 0.717) is 17.5 Å². The van der Waals surface area contributed by atoms with Gasteiger partial charge in [0.2, 0.25) is 0 Å². The average Bonchev–Trinajstić information content (AvgIpc) is 3.78. The van der Waals surface area contributed by atoms with Crippen LogP contribution in [0.5, 0.6) is 0 Å². The van der Waals surface area contributed by atoms with Gasteiger partial charge in [-0.1, -0.05) is 140 Å². The molecule has 0 radical (unpaired) electrons. The molecule has 0 saturated carbocycles. The largest absolute Gasteiger partial charge is 0.309 e. The van der Waals surface area contributed by atoms with Crippen LogP contribution in [0.2, 0.25) is 0 Å². The summed E-state index contributed by atoms with van der Waals surface area (Å²) in [5.41, 5.74) is 9.80. The highest BCUT2D eigenvalue weighted by Crippen LogP contribution is 2.41. The van der Waals surface area contributed by atoms with Gasteiger partial charge in [0.25, 0.3) is 0 Å². The molecule has 242 valence electrons. The molecule has 0 atom stereocenters. The number of rotatable bonds is 4. The van der Waals surface area contributed by atoms with Gasteiger partial charge in [0.1, 0.15) is 0 Å². The first-order valence-corrected chi connectivity index (χ1v) is 17.5. The second-order valence-corrected chi connectivity index (χ2v) is 13.3. The Morgan fingerprint density at radius 3 is 1.58 bits per heavy atom. The van der Waals surface area contributed by atoms with Crippen molar-refractivity contribution in [2.24, 2.45) is 0 Å². The van der Waals surface area contributed by atoms with Crippen molar-refractivity contribution in [3.63, 3.8) is 0 Å². The first kappa shape index (κ1) is 28.7. The van der Waals surface area contributed by atoms with Crippen molar-refractivity contribution in [2.45, 2.75) is 0 Å². The standard InChI is InChI=1S/C47H29N5/c1-3-14-30(15-4-1)45-48-46(31-16-5-2-6-17-31)50-47(49-45)33-18-13-19-34(28-33)51-40-25-12-10-23-38(40)43-41(51)27-26-32-29-42-37-22-8-7-20-35(37)36-21-9-11-24-39(36)52(42)44(32)43/h1-29H. The Kier molecular flexibility index (Phi) is 6.18. The molecule has 0 saturated heterocycles. The van der Waals surface area contributed by atoms with E-state index in [1.807, 2.05) is 60.7 Å². The number of fused-ring (bicyclic) bond motifs is 12. The van der Waals surface area contributed by atoms with Crippen molar-refractivity contribution in [3.05, 3.63) is 176 Å². The molecule has 0 aliphatic heterocycles. The predicted octanol–water partition coefficient (Wildman–Crippen LogP) is 11.7. The summed E-state index contributed by atoms with van der Waals surface area (Å²) in [6.45, 7) is 0. The smallest absolute Gasteiger partial charge is 0.164 e. The second-order valence-electron chi connectivity index (χ2n) is 13.3. The Labute approximate surface area is 298 Å². The van der Waals surface area contributed by atoms with Crippen molar-refractivity contribution in [1.29, 1.82) is 0 Å². The molecule has 4 aromatic heterocycles. The van der Waals surface area contributed by atoms with Crippen molar-refractivity contribution >= 4 is 59.9 Å². The van der Waals surface area contributed by atoms with Gasteiger partial charge in [0.05, 0.1) is 27.6 Å². The first-order valence-electron chi connectivity index (χ1n) is 17.5. The predicted molar refractivity (Wildman–Crippen MR) is 214 cm³/mol. The molecule has 0 fully saturated rings. The minimum Gasteiger partial charge on any atom is -0.309 e. The Morgan fingerprint density at radius 2 is 0.885 bits per heavy atom. The van der Waals surface area contributed by atoms with Gasteiger partial charge in [-0.25, -0.2) is 15.0 Å². The number of hydrogen-bond donors (Lipinski definition) is 0. The van der Waals surface area contributed by atoms with Crippen molar-refractivity contribution in [1.82, 2.24) is 23.9 Å². The fraction of sp³-hybridized carbons (Fsp3) is 0. The lowest BCUT2D eigenvalue weighted by molar-refractivity contribution is 1.07. The minimum absolute atomic E-state index is 0.633. The topological polar surface area (TPSA) is 48.0 Å². The molecule has 5 nitrogen and oxygen atoms in total. The van der Waals surface area contributed by atoms with Gasteiger partial charge in [-0.3, -0.25) is 0 Å². The number of aromatic nitrogens is 5. The lowest BCUT2D eigenvalue weighted by Gasteiger charge is -2.12. The van der Waals surface area contributed by atoms with Crippen LogP contribution in [-0.2, 0) is 0 Å². The van der Waals surface area contributed by atoms with Gasteiger partial charge in [-0.2, -0.15) is 0 Å². The summed E-state index contributed by atoms with van der Waals surface area (Å²) in [6.07, 6.45) is 0. The average molecular weight is 664 g/mol. The summed E-state index contributed by atoms with van der Waals surface area (Å²) in [6, 6.07) is 62.0. The zero-order chi connectivity index (χ0) is 34.2. The van der Waals surface area contributed by atoms with Gasteiger partial charge in [-0.05, 0) is 41.8 Å². The lowest BCUT2D eigenvalue weighted by Crippen LogP contribution is -2.01. The summed E-state index contributed by atoms with van der Waals surface area (Å²) in [4.78, 5) is 15.0. The quantitative estimate of drug-likeness (QED) is 0.176. The first-order chi connectivity index (χ1) is 25.8. The second kappa shape index (κ2) is 11.2.